The Morgan fingerprint density at radius 1 is 1.22 bits per heavy atom. The molecule has 1 aliphatic rings. The summed E-state index contributed by atoms with van der Waals surface area (Å²) < 4.78 is 0. The van der Waals surface area contributed by atoms with E-state index in [4.69, 9.17) is 0 Å². The Hall–Kier alpha value is -2.10. The van der Waals surface area contributed by atoms with Crippen LogP contribution in [0.5, 0.6) is 0 Å². The lowest BCUT2D eigenvalue weighted by atomic mass is 9.94. The third-order valence-corrected chi connectivity index (χ3v) is 3.01. The Labute approximate surface area is 105 Å². The van der Waals surface area contributed by atoms with Crippen LogP contribution in [0, 0.1) is 0 Å². The molecule has 0 heterocycles. The molecule has 0 aliphatic heterocycles. The van der Waals surface area contributed by atoms with Crippen LogP contribution in [0.15, 0.2) is 36.0 Å². The molecule has 1 aromatic rings. The largest absolute Gasteiger partial charge is 0.545 e. The molecule has 0 bridgehead atoms. The van der Waals surface area contributed by atoms with E-state index in [1.54, 1.807) is 24.4 Å². The standard InChI is InChI=1S/C14H15NO3/c16-13-8-4-1-5-10(13)9-15-12-7-3-2-6-11(12)14(17)18/h2-3,6-7,9,15H,1,4-5,8H2,(H,17,18)/p-1/b10-9-. The zero-order valence-electron chi connectivity index (χ0n) is 9.94. The number of nitrogens with one attached hydrogen (secondary N) is 1. The molecule has 4 heteroatoms. The summed E-state index contributed by atoms with van der Waals surface area (Å²) in [5.41, 5.74) is 1.27. The van der Waals surface area contributed by atoms with Crippen molar-refractivity contribution in [2.24, 2.45) is 0 Å². The summed E-state index contributed by atoms with van der Waals surface area (Å²) >= 11 is 0. The first-order chi connectivity index (χ1) is 8.68. The number of aromatic carboxylic acids is 1. The molecule has 2 rings (SSSR count). The number of carbonyl (C=O) groups excluding carboxylic acids is 2. The Morgan fingerprint density at radius 3 is 2.67 bits per heavy atom. The molecule has 94 valence electrons. The fourth-order valence-corrected chi connectivity index (χ4v) is 2.01. The number of ketones is 1. The molecule has 18 heavy (non-hydrogen) atoms. The molecule has 0 radical (unpaired) electrons. The van der Waals surface area contributed by atoms with E-state index in [1.165, 1.54) is 6.07 Å². The van der Waals surface area contributed by atoms with E-state index in [9.17, 15) is 14.7 Å². The summed E-state index contributed by atoms with van der Waals surface area (Å²) in [5.74, 6) is -1.09. The van der Waals surface area contributed by atoms with Crippen LogP contribution in [0.4, 0.5) is 5.69 Å². The molecule has 4 nitrogen and oxygen atoms in total. The van der Waals surface area contributed by atoms with Crippen LogP contribution in [-0.4, -0.2) is 11.8 Å². The molecule has 1 fully saturated rings. The molecule has 1 N–H and O–H groups in total. The van der Waals surface area contributed by atoms with Gasteiger partial charge >= 0.3 is 0 Å². The Balaban J connectivity index is 2.17. The number of carboxylic acid groups (broad SMARTS) is 1. The van der Waals surface area contributed by atoms with Gasteiger partial charge in [0.2, 0.25) is 0 Å². The van der Waals surface area contributed by atoms with Crippen LogP contribution in [0.2, 0.25) is 0 Å². The maximum Gasteiger partial charge on any atom is 0.160 e. The van der Waals surface area contributed by atoms with Crippen molar-refractivity contribution in [3.63, 3.8) is 0 Å². The zero-order valence-corrected chi connectivity index (χ0v) is 9.94. The van der Waals surface area contributed by atoms with Crippen molar-refractivity contribution in [3.05, 3.63) is 41.6 Å². The maximum absolute atomic E-state index is 11.6. The minimum Gasteiger partial charge on any atom is -0.545 e. The van der Waals surface area contributed by atoms with Gasteiger partial charge in [0.15, 0.2) is 5.78 Å². The van der Waals surface area contributed by atoms with E-state index in [1.807, 2.05) is 0 Å². The van der Waals surface area contributed by atoms with Crippen LogP contribution >= 0.6 is 0 Å². The summed E-state index contributed by atoms with van der Waals surface area (Å²) in [6.07, 6.45) is 4.88. The fourth-order valence-electron chi connectivity index (χ4n) is 2.01. The number of hydrogen-bond donors (Lipinski definition) is 1. The number of hydrogen-bond acceptors (Lipinski definition) is 4. The highest BCUT2D eigenvalue weighted by molar-refractivity contribution is 5.97. The van der Waals surface area contributed by atoms with Crippen molar-refractivity contribution in [2.75, 3.05) is 5.32 Å². The van der Waals surface area contributed by atoms with Crippen molar-refractivity contribution in [3.8, 4) is 0 Å². The lowest BCUT2D eigenvalue weighted by Crippen LogP contribution is -2.23. The topological polar surface area (TPSA) is 69.2 Å². The minimum absolute atomic E-state index is 0.0950. The average Bonchev–Trinajstić information content (AvgIpc) is 2.38. The first kappa shape index (κ1) is 12.4. The number of benzene rings is 1. The van der Waals surface area contributed by atoms with Gasteiger partial charge < -0.3 is 15.2 Å². The summed E-state index contributed by atoms with van der Waals surface area (Å²) in [6.45, 7) is 0. The molecule has 0 amide bonds. The quantitative estimate of drug-likeness (QED) is 0.818. The SMILES string of the molecule is O=C1CCCC/C1=C/Nc1ccccc1C(=O)[O-]. The normalized spacial score (nSPS) is 17.8. The van der Waals surface area contributed by atoms with Gasteiger partial charge in [0.25, 0.3) is 0 Å². The number of anilines is 1. The van der Waals surface area contributed by atoms with E-state index in [0.717, 1.165) is 24.8 Å². The van der Waals surface area contributed by atoms with E-state index < -0.39 is 5.97 Å². The Bertz CT molecular complexity index is 506. The molecule has 1 aromatic carbocycles. The van der Waals surface area contributed by atoms with Crippen LogP contribution in [-0.2, 0) is 4.79 Å². The minimum atomic E-state index is -1.23. The smallest absolute Gasteiger partial charge is 0.160 e. The lowest BCUT2D eigenvalue weighted by Gasteiger charge is -2.14. The second kappa shape index (κ2) is 5.49. The van der Waals surface area contributed by atoms with E-state index >= 15 is 0 Å². The monoisotopic (exact) mass is 244 g/mol. The summed E-state index contributed by atoms with van der Waals surface area (Å²) in [5, 5.41) is 13.8. The highest BCUT2D eigenvalue weighted by Crippen LogP contribution is 2.21. The van der Waals surface area contributed by atoms with Crippen LogP contribution < -0.4 is 10.4 Å². The maximum atomic E-state index is 11.6. The number of carboxylic acids is 1. The van der Waals surface area contributed by atoms with Crippen LogP contribution in [0.3, 0.4) is 0 Å². The van der Waals surface area contributed by atoms with Gasteiger partial charge in [0.05, 0.1) is 5.97 Å². The molecular formula is C14H14NO3-. The van der Waals surface area contributed by atoms with Gasteiger partial charge in [-0.15, -0.1) is 0 Å². The van der Waals surface area contributed by atoms with Gasteiger partial charge in [-0.2, -0.15) is 0 Å². The van der Waals surface area contributed by atoms with Gasteiger partial charge in [-0.3, -0.25) is 4.79 Å². The summed E-state index contributed by atoms with van der Waals surface area (Å²) in [6, 6.07) is 6.49. The van der Waals surface area contributed by atoms with Crippen molar-refractivity contribution < 1.29 is 14.7 Å². The van der Waals surface area contributed by atoms with Crippen LogP contribution in [0.1, 0.15) is 36.0 Å². The van der Waals surface area contributed by atoms with Gasteiger partial charge in [-0.1, -0.05) is 18.2 Å². The second-order valence-corrected chi connectivity index (χ2v) is 4.28. The fraction of sp³-hybridized carbons (Fsp3) is 0.286. The Morgan fingerprint density at radius 2 is 1.94 bits per heavy atom. The van der Waals surface area contributed by atoms with Gasteiger partial charge in [0.1, 0.15) is 0 Å². The van der Waals surface area contributed by atoms with Gasteiger partial charge in [-0.05, 0) is 25.3 Å². The molecule has 0 saturated heterocycles. The van der Waals surface area contributed by atoms with Gasteiger partial charge in [-0.25, -0.2) is 0 Å². The molecule has 0 spiro atoms. The summed E-state index contributed by atoms with van der Waals surface area (Å²) in [4.78, 5) is 22.5. The van der Waals surface area contributed by atoms with Crippen molar-refractivity contribution >= 4 is 17.4 Å². The predicted octanol–water partition coefficient (Wildman–Crippen LogP) is 1.49. The van der Waals surface area contributed by atoms with Gasteiger partial charge in [0, 0.05) is 29.4 Å². The Kier molecular flexibility index (Phi) is 3.77. The molecule has 0 atom stereocenters. The van der Waals surface area contributed by atoms with E-state index in [0.29, 0.717) is 12.1 Å². The first-order valence-electron chi connectivity index (χ1n) is 5.97. The predicted molar refractivity (Wildman–Crippen MR) is 66.0 cm³/mol. The van der Waals surface area contributed by atoms with E-state index in [-0.39, 0.29) is 11.3 Å². The molecule has 1 saturated carbocycles. The van der Waals surface area contributed by atoms with Crippen LogP contribution in [0.25, 0.3) is 0 Å². The molecule has 0 unspecified atom stereocenters. The first-order valence-corrected chi connectivity index (χ1v) is 5.97. The second-order valence-electron chi connectivity index (χ2n) is 4.28. The van der Waals surface area contributed by atoms with E-state index in [2.05, 4.69) is 5.32 Å². The average molecular weight is 244 g/mol. The number of rotatable bonds is 3. The van der Waals surface area contributed by atoms with Crippen molar-refractivity contribution in [2.45, 2.75) is 25.7 Å². The summed E-state index contributed by atoms with van der Waals surface area (Å²) in [7, 11) is 0. The molecular weight excluding hydrogens is 230 g/mol. The third-order valence-electron chi connectivity index (χ3n) is 3.01. The van der Waals surface area contributed by atoms with Crippen molar-refractivity contribution in [1.29, 1.82) is 0 Å². The number of para-hydroxylation sites is 1. The number of carbonyl (C=O) groups is 2. The third kappa shape index (κ3) is 2.77. The zero-order chi connectivity index (χ0) is 13.0. The lowest BCUT2D eigenvalue weighted by molar-refractivity contribution is -0.254. The van der Waals surface area contributed by atoms with Crippen molar-refractivity contribution in [1.82, 2.24) is 0 Å². The number of Topliss-reactive ketones (excluding diaryl/α,β-unsaturated/α-hetero) is 1. The molecule has 1 aliphatic carbocycles. The molecule has 0 aromatic heterocycles. The highest BCUT2D eigenvalue weighted by atomic mass is 16.4. The number of allylic oxidation sites excluding steroid dienone is 1. The highest BCUT2D eigenvalue weighted by Gasteiger charge is 2.14.